The van der Waals surface area contributed by atoms with Gasteiger partial charge in [0, 0.05) is 25.3 Å². The molecule has 4 heteroatoms. The van der Waals surface area contributed by atoms with E-state index in [9.17, 15) is 0 Å². The Balaban J connectivity index is 4.30. The third-order valence-electron chi connectivity index (χ3n) is 9.07. The van der Waals surface area contributed by atoms with E-state index < -0.39 is 24.2 Å². The lowest BCUT2D eigenvalue weighted by atomic mass is 10.1. The first-order valence-electron chi connectivity index (χ1n) is 16.3. The maximum absolute atomic E-state index is 3.95. The smallest absolute Gasteiger partial charge is 0.146 e. The van der Waals surface area contributed by atoms with E-state index >= 15 is 0 Å². The van der Waals surface area contributed by atoms with Crippen molar-refractivity contribution in [1.82, 2.24) is 0 Å². The van der Waals surface area contributed by atoms with Gasteiger partial charge in [0.1, 0.15) is 24.2 Å². The third kappa shape index (κ3) is 10.1. The zero-order chi connectivity index (χ0) is 33.3. The van der Waals surface area contributed by atoms with Crippen molar-refractivity contribution >= 4 is 29.9 Å². The summed E-state index contributed by atoms with van der Waals surface area (Å²) in [5, 5.41) is 0. The molecule has 1 aromatic carbocycles. The van der Waals surface area contributed by atoms with E-state index in [1.165, 1.54) is 0 Å². The Morgan fingerprint density at radius 2 is 0.837 bits per heavy atom. The Kier molecular flexibility index (Phi) is 14.5. The molecule has 1 rings (SSSR count). The molecule has 43 heavy (non-hydrogen) atoms. The minimum absolute atomic E-state index is 0.540. The molecule has 0 aliphatic heterocycles. The monoisotopic (exact) mass is 627 g/mol. The molecule has 0 saturated carbocycles. The molecule has 0 fully saturated rings. The molecule has 1 aromatic rings. The van der Waals surface area contributed by atoms with Crippen LogP contribution in [0.5, 0.6) is 0 Å². The van der Waals surface area contributed by atoms with Crippen LogP contribution in [-0.4, -0.2) is 38.3 Å². The number of nitrogens with zero attached hydrogens (tertiary/aromatic N) is 1. The summed E-state index contributed by atoms with van der Waals surface area (Å²) in [7, 11) is -1.51. The summed E-state index contributed by atoms with van der Waals surface area (Å²) in [6.07, 6.45) is 0. The number of benzene rings is 1. The zero-order valence-corrected chi connectivity index (χ0v) is 33.7. The predicted molar refractivity (Wildman–Crippen MR) is 203 cm³/mol. The average Bonchev–Trinajstić information content (AvgIpc) is 2.86. The van der Waals surface area contributed by atoms with Gasteiger partial charge in [0.25, 0.3) is 0 Å². The van der Waals surface area contributed by atoms with Crippen molar-refractivity contribution in [2.24, 2.45) is 0 Å². The van der Waals surface area contributed by atoms with Crippen LogP contribution in [0.15, 0.2) is 35.4 Å². The van der Waals surface area contributed by atoms with E-state index in [0.29, 0.717) is 33.2 Å². The van der Waals surface area contributed by atoms with Gasteiger partial charge >= 0.3 is 0 Å². The Bertz CT molecular complexity index is 1310. The fourth-order valence-corrected chi connectivity index (χ4v) is 17.7. The highest BCUT2D eigenvalue weighted by Gasteiger charge is 2.42. The van der Waals surface area contributed by atoms with Gasteiger partial charge in [-0.15, -0.1) is 16.6 Å². The van der Waals surface area contributed by atoms with Gasteiger partial charge in [-0.3, -0.25) is 0 Å². The van der Waals surface area contributed by atoms with Crippen molar-refractivity contribution in [3.8, 4) is 46.2 Å². The molecule has 0 spiro atoms. The normalized spacial score (nSPS) is 12.7. The van der Waals surface area contributed by atoms with Crippen molar-refractivity contribution in [3.63, 3.8) is 0 Å². The van der Waals surface area contributed by atoms with Crippen LogP contribution in [0.3, 0.4) is 0 Å². The number of hydrogen-bond donors (Lipinski definition) is 0. The van der Waals surface area contributed by atoms with Gasteiger partial charge in [-0.05, 0) is 57.5 Å². The lowest BCUT2D eigenvalue weighted by molar-refractivity contribution is 0.838. The molecule has 0 radical (unpaired) electrons. The standard InChI is InChI=1S/C39H61NSi3/c1-30(2)42(31(3)4,32(5)6)28-25-37(21-18-36-19-22-39(23-20-36)40(13)14)38(24-27-41(15,16)17)26-29-43(33(7)8,34(9)10)35(11)12/h19-20,22-23,30-35H,1-17H3/b38-37-. The second-order valence-corrected chi connectivity index (χ2v) is 31.1. The van der Waals surface area contributed by atoms with Crippen LogP contribution in [0.4, 0.5) is 5.69 Å². The summed E-state index contributed by atoms with van der Waals surface area (Å²) in [6, 6.07) is 8.42. The molecule has 0 bridgehead atoms. The molecule has 0 aliphatic carbocycles. The van der Waals surface area contributed by atoms with Crippen LogP contribution in [0.2, 0.25) is 52.9 Å². The predicted octanol–water partition coefficient (Wildman–Crippen LogP) is 10.7. The summed E-state index contributed by atoms with van der Waals surface area (Å²) < 4.78 is 0. The van der Waals surface area contributed by atoms with E-state index in [0.717, 1.165) is 22.4 Å². The van der Waals surface area contributed by atoms with Crippen LogP contribution in [0.25, 0.3) is 0 Å². The van der Waals surface area contributed by atoms with Crippen LogP contribution < -0.4 is 4.90 Å². The third-order valence-corrected chi connectivity index (χ3v) is 22.5. The molecule has 0 atom stereocenters. The lowest BCUT2D eigenvalue weighted by Gasteiger charge is -2.38. The molecule has 0 aliphatic rings. The summed E-state index contributed by atoms with van der Waals surface area (Å²) >= 11 is 0. The van der Waals surface area contributed by atoms with Gasteiger partial charge in [0.2, 0.25) is 0 Å². The lowest BCUT2D eigenvalue weighted by Crippen LogP contribution is -2.43. The molecule has 0 aromatic heterocycles. The van der Waals surface area contributed by atoms with E-state index in [4.69, 9.17) is 0 Å². The molecular weight excluding hydrogens is 567 g/mol. The van der Waals surface area contributed by atoms with Crippen LogP contribution in [0.1, 0.15) is 88.6 Å². The quantitative estimate of drug-likeness (QED) is 0.215. The topological polar surface area (TPSA) is 3.24 Å². The van der Waals surface area contributed by atoms with Gasteiger partial charge in [-0.1, -0.05) is 132 Å². The van der Waals surface area contributed by atoms with Crippen molar-refractivity contribution in [1.29, 1.82) is 0 Å². The minimum Gasteiger partial charge on any atom is -0.378 e. The maximum atomic E-state index is 3.95. The average molecular weight is 628 g/mol. The van der Waals surface area contributed by atoms with E-state index in [1.807, 2.05) is 0 Å². The van der Waals surface area contributed by atoms with E-state index in [1.54, 1.807) is 0 Å². The SMILES string of the molecule is CC(C)[Si](C#C/C(C#Cc1ccc(N(C)C)cc1)=C(/C#C[Si](C)(C)C)C#C[Si](C(C)C)(C(C)C)C(C)C)(C(C)C)C(C)C. The Morgan fingerprint density at radius 3 is 1.14 bits per heavy atom. The highest BCUT2D eigenvalue weighted by molar-refractivity contribution is 6.91. The first-order chi connectivity index (χ1) is 19.7. The molecule has 0 amide bonds. The minimum atomic E-state index is -1.99. The summed E-state index contributed by atoms with van der Waals surface area (Å²) in [4.78, 5) is 2.11. The highest BCUT2D eigenvalue weighted by Crippen LogP contribution is 2.42. The first-order valence-corrected chi connectivity index (χ1v) is 24.3. The van der Waals surface area contributed by atoms with Gasteiger partial charge in [-0.25, -0.2) is 0 Å². The number of anilines is 1. The van der Waals surface area contributed by atoms with E-state index in [2.05, 4.69) is 192 Å². The molecule has 0 saturated heterocycles. The van der Waals surface area contributed by atoms with Gasteiger partial charge < -0.3 is 4.90 Å². The van der Waals surface area contributed by atoms with Gasteiger partial charge in [0.15, 0.2) is 0 Å². The van der Waals surface area contributed by atoms with Crippen molar-refractivity contribution < 1.29 is 0 Å². The first kappa shape index (κ1) is 38.7. The Morgan fingerprint density at radius 1 is 0.512 bits per heavy atom. The highest BCUT2D eigenvalue weighted by atomic mass is 28.3. The molecule has 0 N–H and O–H groups in total. The van der Waals surface area contributed by atoms with Crippen molar-refractivity contribution in [2.45, 2.75) is 136 Å². The van der Waals surface area contributed by atoms with E-state index in [-0.39, 0.29) is 0 Å². The molecule has 0 heterocycles. The fraction of sp³-hybridized carbons (Fsp3) is 0.590. The second-order valence-electron chi connectivity index (χ2n) is 15.2. The maximum Gasteiger partial charge on any atom is 0.146 e. The molecular formula is C39H61NSi3. The second kappa shape index (κ2) is 16.1. The number of allylic oxidation sites excluding steroid dienone is 2. The summed E-state index contributed by atoms with van der Waals surface area (Å²) in [5.74, 6) is 18.0. The number of hydrogen-bond acceptors (Lipinski definition) is 1. The zero-order valence-electron chi connectivity index (χ0n) is 30.7. The van der Waals surface area contributed by atoms with Crippen LogP contribution in [0, 0.1) is 46.2 Å². The summed E-state index contributed by atoms with van der Waals surface area (Å²) in [5.41, 5.74) is 18.5. The largest absolute Gasteiger partial charge is 0.378 e. The Hall–Kier alpha value is -2.35. The van der Waals surface area contributed by atoms with Crippen molar-refractivity contribution in [2.75, 3.05) is 19.0 Å². The molecule has 0 unspecified atom stereocenters. The van der Waals surface area contributed by atoms with Crippen LogP contribution in [-0.2, 0) is 0 Å². The van der Waals surface area contributed by atoms with Gasteiger partial charge in [0.05, 0.1) is 11.1 Å². The van der Waals surface area contributed by atoms with Crippen molar-refractivity contribution in [3.05, 3.63) is 41.0 Å². The fourth-order valence-electron chi connectivity index (χ4n) is 6.75. The van der Waals surface area contributed by atoms with Crippen LogP contribution >= 0.6 is 0 Å². The molecule has 1 nitrogen and oxygen atoms in total. The summed E-state index contributed by atoms with van der Waals surface area (Å²) in [6.45, 7) is 35.2. The van der Waals surface area contributed by atoms with Gasteiger partial charge in [-0.2, -0.15) is 0 Å². The Labute approximate surface area is 271 Å². The molecule has 234 valence electrons. The number of rotatable bonds is 7.